The predicted octanol–water partition coefficient (Wildman–Crippen LogP) is 2.20. The van der Waals surface area contributed by atoms with Gasteiger partial charge in [-0.05, 0) is 50.0 Å². The van der Waals surface area contributed by atoms with Crippen LogP contribution in [-0.2, 0) is 6.42 Å². The number of halogens is 1. The van der Waals surface area contributed by atoms with Crippen LogP contribution in [0, 0.1) is 18.7 Å². The molecule has 0 aliphatic heterocycles. The second kappa shape index (κ2) is 6.72. The molecule has 0 aliphatic rings. The zero-order valence-corrected chi connectivity index (χ0v) is 11.0. The molecule has 0 aromatic heterocycles. The first-order valence-corrected chi connectivity index (χ1v) is 6.16. The van der Waals surface area contributed by atoms with Crippen LogP contribution in [-0.4, -0.2) is 31.6 Å². The summed E-state index contributed by atoms with van der Waals surface area (Å²) in [6.45, 7) is 6.67. The lowest BCUT2D eigenvalue weighted by Crippen LogP contribution is -2.30. The summed E-state index contributed by atoms with van der Waals surface area (Å²) in [6, 6.07) is 5.34. The zero-order chi connectivity index (χ0) is 12.8. The van der Waals surface area contributed by atoms with E-state index < -0.39 is 0 Å². The molecule has 0 heterocycles. The quantitative estimate of drug-likeness (QED) is 0.823. The maximum atomic E-state index is 13.1. The van der Waals surface area contributed by atoms with Crippen LogP contribution in [0.1, 0.15) is 18.1 Å². The Balaban J connectivity index is 2.42. The SMILES string of the molecule is Cc1cc(CCN(C)CC(C)CN)ccc1F. The highest BCUT2D eigenvalue weighted by Crippen LogP contribution is 2.10. The maximum Gasteiger partial charge on any atom is 0.126 e. The lowest BCUT2D eigenvalue weighted by atomic mass is 10.1. The van der Waals surface area contributed by atoms with Crippen molar-refractivity contribution in [1.82, 2.24) is 4.90 Å². The molecule has 0 bridgehead atoms. The van der Waals surface area contributed by atoms with E-state index in [4.69, 9.17) is 5.73 Å². The van der Waals surface area contributed by atoms with Crippen molar-refractivity contribution < 1.29 is 4.39 Å². The van der Waals surface area contributed by atoms with Crippen molar-refractivity contribution in [3.63, 3.8) is 0 Å². The van der Waals surface area contributed by atoms with Crippen molar-refractivity contribution in [2.24, 2.45) is 11.7 Å². The van der Waals surface area contributed by atoms with Gasteiger partial charge in [-0.1, -0.05) is 19.1 Å². The molecule has 1 aromatic rings. The van der Waals surface area contributed by atoms with Crippen LogP contribution in [0.15, 0.2) is 18.2 Å². The Morgan fingerprint density at radius 1 is 1.41 bits per heavy atom. The summed E-state index contributed by atoms with van der Waals surface area (Å²) < 4.78 is 13.1. The lowest BCUT2D eigenvalue weighted by Gasteiger charge is -2.20. The molecule has 0 amide bonds. The predicted molar refractivity (Wildman–Crippen MR) is 70.6 cm³/mol. The van der Waals surface area contributed by atoms with Crippen LogP contribution in [0.25, 0.3) is 0 Å². The average Bonchev–Trinajstić information content (AvgIpc) is 2.30. The number of aryl methyl sites for hydroxylation is 1. The third-order valence-electron chi connectivity index (χ3n) is 3.03. The van der Waals surface area contributed by atoms with Crippen molar-refractivity contribution in [2.75, 3.05) is 26.7 Å². The van der Waals surface area contributed by atoms with E-state index >= 15 is 0 Å². The number of rotatable bonds is 6. The first-order chi connectivity index (χ1) is 8.02. The van der Waals surface area contributed by atoms with Crippen LogP contribution in [0.5, 0.6) is 0 Å². The van der Waals surface area contributed by atoms with E-state index in [0.29, 0.717) is 5.92 Å². The molecule has 1 atom stereocenters. The number of nitrogens with two attached hydrogens (primary N) is 1. The highest BCUT2D eigenvalue weighted by molar-refractivity contribution is 5.24. The summed E-state index contributed by atoms with van der Waals surface area (Å²) in [5.41, 5.74) is 7.51. The first kappa shape index (κ1) is 14.1. The summed E-state index contributed by atoms with van der Waals surface area (Å²) in [4.78, 5) is 2.27. The molecule has 0 saturated heterocycles. The van der Waals surface area contributed by atoms with Crippen LogP contribution >= 0.6 is 0 Å². The summed E-state index contributed by atoms with van der Waals surface area (Å²) in [5, 5.41) is 0. The Morgan fingerprint density at radius 2 is 2.12 bits per heavy atom. The second-order valence-electron chi connectivity index (χ2n) is 4.94. The van der Waals surface area contributed by atoms with Gasteiger partial charge >= 0.3 is 0 Å². The van der Waals surface area contributed by atoms with E-state index in [1.165, 1.54) is 5.56 Å². The zero-order valence-electron chi connectivity index (χ0n) is 11.0. The van der Waals surface area contributed by atoms with Gasteiger partial charge < -0.3 is 10.6 Å². The molecule has 2 nitrogen and oxygen atoms in total. The van der Waals surface area contributed by atoms with E-state index in [9.17, 15) is 4.39 Å². The third kappa shape index (κ3) is 4.84. The molecule has 0 fully saturated rings. The molecule has 1 aromatic carbocycles. The highest BCUT2D eigenvalue weighted by Gasteiger charge is 2.05. The number of hydrogen-bond donors (Lipinski definition) is 1. The molecule has 1 unspecified atom stereocenters. The fraction of sp³-hybridized carbons (Fsp3) is 0.571. The highest BCUT2D eigenvalue weighted by atomic mass is 19.1. The van der Waals surface area contributed by atoms with Gasteiger partial charge in [-0.3, -0.25) is 0 Å². The lowest BCUT2D eigenvalue weighted by molar-refractivity contribution is 0.292. The topological polar surface area (TPSA) is 29.3 Å². The van der Waals surface area contributed by atoms with Crippen molar-refractivity contribution >= 4 is 0 Å². The standard InChI is InChI=1S/C14H23FN2/c1-11(9-16)10-17(3)7-6-13-4-5-14(15)12(2)8-13/h4-5,8,11H,6-7,9-10,16H2,1-3H3. The third-order valence-corrected chi connectivity index (χ3v) is 3.03. The Bertz CT molecular complexity index is 352. The van der Waals surface area contributed by atoms with Gasteiger partial charge in [0, 0.05) is 13.1 Å². The maximum absolute atomic E-state index is 13.1. The molecule has 0 spiro atoms. The Kier molecular flexibility index (Phi) is 5.59. The van der Waals surface area contributed by atoms with Crippen LogP contribution in [0.4, 0.5) is 4.39 Å². The molecule has 0 aliphatic carbocycles. The van der Waals surface area contributed by atoms with E-state index in [1.807, 2.05) is 12.1 Å². The van der Waals surface area contributed by atoms with Gasteiger partial charge in [-0.2, -0.15) is 0 Å². The largest absolute Gasteiger partial charge is 0.330 e. The monoisotopic (exact) mass is 238 g/mol. The molecule has 3 heteroatoms. The second-order valence-corrected chi connectivity index (χ2v) is 4.94. The minimum atomic E-state index is -0.126. The van der Waals surface area contributed by atoms with E-state index in [2.05, 4.69) is 18.9 Å². The molecule has 17 heavy (non-hydrogen) atoms. The van der Waals surface area contributed by atoms with Gasteiger partial charge in [-0.15, -0.1) is 0 Å². The number of likely N-dealkylation sites (N-methyl/N-ethyl adjacent to an activating group) is 1. The van der Waals surface area contributed by atoms with Gasteiger partial charge in [0.2, 0.25) is 0 Å². The minimum Gasteiger partial charge on any atom is -0.330 e. The van der Waals surface area contributed by atoms with E-state index in [1.54, 1.807) is 13.0 Å². The molecule has 0 saturated carbocycles. The van der Waals surface area contributed by atoms with Gasteiger partial charge in [0.25, 0.3) is 0 Å². The number of hydrogen-bond acceptors (Lipinski definition) is 2. The summed E-state index contributed by atoms with van der Waals surface area (Å²) in [7, 11) is 2.10. The summed E-state index contributed by atoms with van der Waals surface area (Å²) in [5.74, 6) is 0.397. The van der Waals surface area contributed by atoms with Gasteiger partial charge in [0.1, 0.15) is 5.82 Å². The van der Waals surface area contributed by atoms with Crippen molar-refractivity contribution in [1.29, 1.82) is 0 Å². The normalized spacial score (nSPS) is 13.1. The Hall–Kier alpha value is -0.930. The molecule has 96 valence electrons. The first-order valence-electron chi connectivity index (χ1n) is 6.16. The average molecular weight is 238 g/mol. The Labute approximate surface area is 104 Å². The van der Waals surface area contributed by atoms with Gasteiger partial charge in [-0.25, -0.2) is 4.39 Å². The summed E-state index contributed by atoms with van der Waals surface area (Å²) in [6.07, 6.45) is 0.953. The van der Waals surface area contributed by atoms with Gasteiger partial charge in [0.15, 0.2) is 0 Å². The van der Waals surface area contributed by atoms with Crippen LogP contribution in [0.2, 0.25) is 0 Å². The smallest absolute Gasteiger partial charge is 0.126 e. The van der Waals surface area contributed by atoms with E-state index in [-0.39, 0.29) is 5.82 Å². The van der Waals surface area contributed by atoms with Crippen molar-refractivity contribution in [2.45, 2.75) is 20.3 Å². The summed E-state index contributed by atoms with van der Waals surface area (Å²) >= 11 is 0. The fourth-order valence-corrected chi connectivity index (χ4v) is 1.88. The minimum absolute atomic E-state index is 0.126. The fourth-order valence-electron chi connectivity index (χ4n) is 1.88. The van der Waals surface area contributed by atoms with Crippen LogP contribution in [0.3, 0.4) is 0 Å². The number of benzene rings is 1. The molecule has 1 rings (SSSR count). The molecular formula is C14H23FN2. The van der Waals surface area contributed by atoms with Crippen molar-refractivity contribution in [3.05, 3.63) is 35.1 Å². The molecule has 0 radical (unpaired) electrons. The van der Waals surface area contributed by atoms with Gasteiger partial charge in [0.05, 0.1) is 0 Å². The van der Waals surface area contributed by atoms with Crippen LogP contribution < -0.4 is 5.73 Å². The van der Waals surface area contributed by atoms with Crippen molar-refractivity contribution in [3.8, 4) is 0 Å². The Morgan fingerprint density at radius 3 is 2.71 bits per heavy atom. The van der Waals surface area contributed by atoms with E-state index in [0.717, 1.165) is 31.6 Å². The molecule has 2 N–H and O–H groups in total. The molecular weight excluding hydrogens is 215 g/mol. The number of nitrogens with zero attached hydrogens (tertiary/aromatic N) is 1.